The Morgan fingerprint density at radius 2 is 1.89 bits per heavy atom. The lowest BCUT2D eigenvalue weighted by atomic mass is 10.1. The second kappa shape index (κ2) is 7.69. The Morgan fingerprint density at radius 1 is 1.11 bits per heavy atom. The smallest absolute Gasteiger partial charge is 0.227 e. The van der Waals surface area contributed by atoms with Crippen molar-refractivity contribution in [3.8, 4) is 0 Å². The summed E-state index contributed by atoms with van der Waals surface area (Å²) in [5.41, 5.74) is 3.91. The van der Waals surface area contributed by atoms with Crippen LogP contribution in [0.1, 0.15) is 16.8 Å². The number of nitrogens with one attached hydrogen (secondary N) is 2. The first-order valence-corrected chi connectivity index (χ1v) is 9.58. The van der Waals surface area contributed by atoms with Crippen molar-refractivity contribution in [1.29, 1.82) is 0 Å². The molecule has 0 spiro atoms. The number of hydrogen-bond acceptors (Lipinski definition) is 7. The first-order valence-electron chi connectivity index (χ1n) is 9.58. The lowest BCUT2D eigenvalue weighted by Gasteiger charge is -2.18. The molecule has 0 unspecified atom stereocenters. The van der Waals surface area contributed by atoms with Gasteiger partial charge in [0.05, 0.1) is 17.5 Å². The van der Waals surface area contributed by atoms with Crippen molar-refractivity contribution in [2.75, 3.05) is 30.8 Å². The first-order chi connectivity index (χ1) is 13.5. The number of anilines is 2. The number of rotatable bonds is 5. The lowest BCUT2D eigenvalue weighted by Crippen LogP contribution is -2.33. The average Bonchev–Trinajstić information content (AvgIpc) is 3.00. The molecule has 1 aliphatic heterocycles. The molecule has 7 heteroatoms. The van der Waals surface area contributed by atoms with Gasteiger partial charge in [-0.1, -0.05) is 30.3 Å². The maximum absolute atomic E-state index is 10.5. The molecule has 0 bridgehead atoms. The second-order valence-electron chi connectivity index (χ2n) is 7.42. The van der Waals surface area contributed by atoms with Crippen LogP contribution in [-0.4, -0.2) is 57.2 Å². The molecule has 0 saturated carbocycles. The van der Waals surface area contributed by atoms with Crippen LogP contribution < -0.4 is 10.6 Å². The standard InChI is InChI=1S/C21H26N6O/c1-13-9-14(2)23-20-18(13)19(22-3)25-21(26-20)24-16-11-27(12-17(16)28)10-15-7-5-4-6-8-15/h4-9,16-17,28H,10-12H2,1-3H3,(H2,22,23,24,25,26)/t16-,17-/m0/s1. The van der Waals surface area contributed by atoms with Crippen molar-refractivity contribution >= 4 is 22.8 Å². The summed E-state index contributed by atoms with van der Waals surface area (Å²) in [6.45, 7) is 6.16. The number of β-amino-alcohol motifs (C(OH)–C–C–N with tert-alkyl or cyclic N) is 1. The van der Waals surface area contributed by atoms with Crippen LogP contribution in [0.4, 0.5) is 11.8 Å². The van der Waals surface area contributed by atoms with Crippen molar-refractivity contribution in [1.82, 2.24) is 19.9 Å². The van der Waals surface area contributed by atoms with Gasteiger partial charge in [0.2, 0.25) is 5.95 Å². The van der Waals surface area contributed by atoms with Gasteiger partial charge in [-0.3, -0.25) is 4.90 Å². The highest BCUT2D eigenvalue weighted by Gasteiger charge is 2.32. The van der Waals surface area contributed by atoms with E-state index in [-0.39, 0.29) is 6.04 Å². The van der Waals surface area contributed by atoms with Crippen LogP contribution in [0.25, 0.3) is 11.0 Å². The van der Waals surface area contributed by atoms with Gasteiger partial charge in [0, 0.05) is 32.4 Å². The molecule has 3 heterocycles. The van der Waals surface area contributed by atoms with E-state index >= 15 is 0 Å². The minimum atomic E-state index is -0.478. The molecule has 4 rings (SSSR count). The molecule has 1 aliphatic rings. The molecule has 3 N–H and O–H groups in total. The SMILES string of the molecule is CNc1nc(N[C@H]2CN(Cc3ccccc3)C[C@@H]2O)nc2nc(C)cc(C)c12. The Labute approximate surface area is 164 Å². The molecule has 0 aliphatic carbocycles. The van der Waals surface area contributed by atoms with E-state index in [0.717, 1.165) is 35.6 Å². The zero-order valence-corrected chi connectivity index (χ0v) is 16.5. The van der Waals surface area contributed by atoms with E-state index in [1.807, 2.05) is 45.2 Å². The van der Waals surface area contributed by atoms with Gasteiger partial charge in [-0.05, 0) is 31.0 Å². The monoisotopic (exact) mass is 378 g/mol. The Kier molecular flexibility index (Phi) is 5.11. The predicted molar refractivity (Wildman–Crippen MR) is 111 cm³/mol. The number of hydrogen-bond donors (Lipinski definition) is 3. The molecule has 2 atom stereocenters. The third-order valence-electron chi connectivity index (χ3n) is 5.16. The van der Waals surface area contributed by atoms with Crippen LogP contribution in [0.15, 0.2) is 36.4 Å². The summed E-state index contributed by atoms with van der Waals surface area (Å²) >= 11 is 0. The van der Waals surface area contributed by atoms with Gasteiger partial charge < -0.3 is 15.7 Å². The van der Waals surface area contributed by atoms with E-state index < -0.39 is 6.10 Å². The minimum Gasteiger partial charge on any atom is -0.390 e. The predicted octanol–water partition coefficient (Wildman–Crippen LogP) is 2.34. The third-order valence-corrected chi connectivity index (χ3v) is 5.16. The summed E-state index contributed by atoms with van der Waals surface area (Å²) in [6, 6.07) is 12.2. The number of aliphatic hydroxyl groups excluding tert-OH is 1. The number of pyridine rings is 1. The first kappa shape index (κ1) is 18.6. The topological polar surface area (TPSA) is 86.2 Å². The molecular weight excluding hydrogens is 352 g/mol. The number of fused-ring (bicyclic) bond motifs is 1. The quantitative estimate of drug-likeness (QED) is 0.628. The summed E-state index contributed by atoms with van der Waals surface area (Å²) in [7, 11) is 1.84. The maximum atomic E-state index is 10.5. The Bertz CT molecular complexity index is 978. The minimum absolute atomic E-state index is 0.128. The van der Waals surface area contributed by atoms with Crippen LogP contribution in [-0.2, 0) is 6.54 Å². The zero-order valence-electron chi connectivity index (χ0n) is 16.5. The zero-order chi connectivity index (χ0) is 19.7. The number of aryl methyl sites for hydroxylation is 2. The molecule has 1 aromatic carbocycles. The van der Waals surface area contributed by atoms with Gasteiger partial charge in [0.15, 0.2) is 5.65 Å². The maximum Gasteiger partial charge on any atom is 0.227 e. The van der Waals surface area contributed by atoms with E-state index in [2.05, 4.69) is 42.6 Å². The summed E-state index contributed by atoms with van der Waals surface area (Å²) in [5, 5.41) is 17.9. The summed E-state index contributed by atoms with van der Waals surface area (Å²) in [5.74, 6) is 1.23. The highest BCUT2D eigenvalue weighted by Crippen LogP contribution is 2.25. The summed E-state index contributed by atoms with van der Waals surface area (Å²) < 4.78 is 0. The van der Waals surface area contributed by atoms with Gasteiger partial charge in [-0.15, -0.1) is 0 Å². The normalized spacial score (nSPS) is 19.9. The fourth-order valence-electron chi connectivity index (χ4n) is 3.87. The molecule has 0 radical (unpaired) electrons. The molecule has 1 saturated heterocycles. The molecule has 2 aromatic heterocycles. The fraction of sp³-hybridized carbons (Fsp3) is 0.381. The van der Waals surface area contributed by atoms with Crippen molar-refractivity contribution in [2.45, 2.75) is 32.5 Å². The number of likely N-dealkylation sites (tertiary alicyclic amines) is 1. The van der Waals surface area contributed by atoms with Crippen molar-refractivity contribution in [3.63, 3.8) is 0 Å². The van der Waals surface area contributed by atoms with E-state index in [1.54, 1.807) is 0 Å². The highest BCUT2D eigenvalue weighted by molar-refractivity contribution is 5.90. The molecule has 146 valence electrons. The third kappa shape index (κ3) is 3.76. The van der Waals surface area contributed by atoms with Crippen molar-refractivity contribution in [3.05, 3.63) is 53.2 Å². The Balaban J connectivity index is 1.54. The Morgan fingerprint density at radius 3 is 2.64 bits per heavy atom. The second-order valence-corrected chi connectivity index (χ2v) is 7.42. The number of nitrogens with zero attached hydrogens (tertiary/aromatic N) is 4. The van der Waals surface area contributed by atoms with Gasteiger partial charge in [0.1, 0.15) is 5.82 Å². The van der Waals surface area contributed by atoms with E-state index in [0.29, 0.717) is 18.1 Å². The lowest BCUT2D eigenvalue weighted by molar-refractivity contribution is 0.168. The largest absolute Gasteiger partial charge is 0.390 e. The fourth-order valence-corrected chi connectivity index (χ4v) is 3.87. The number of benzene rings is 1. The summed E-state index contributed by atoms with van der Waals surface area (Å²) in [6.07, 6.45) is -0.478. The summed E-state index contributed by atoms with van der Waals surface area (Å²) in [4.78, 5) is 16.0. The molecule has 7 nitrogen and oxygen atoms in total. The van der Waals surface area contributed by atoms with Crippen LogP contribution >= 0.6 is 0 Å². The van der Waals surface area contributed by atoms with E-state index in [1.165, 1.54) is 5.56 Å². The van der Waals surface area contributed by atoms with Crippen LogP contribution in [0.5, 0.6) is 0 Å². The van der Waals surface area contributed by atoms with Gasteiger partial charge in [-0.2, -0.15) is 9.97 Å². The van der Waals surface area contributed by atoms with Gasteiger partial charge in [-0.25, -0.2) is 4.98 Å². The highest BCUT2D eigenvalue weighted by atomic mass is 16.3. The van der Waals surface area contributed by atoms with Gasteiger partial charge in [0.25, 0.3) is 0 Å². The van der Waals surface area contributed by atoms with Crippen LogP contribution in [0.2, 0.25) is 0 Å². The van der Waals surface area contributed by atoms with Crippen molar-refractivity contribution < 1.29 is 5.11 Å². The van der Waals surface area contributed by atoms with Gasteiger partial charge >= 0.3 is 0 Å². The van der Waals surface area contributed by atoms with E-state index in [4.69, 9.17) is 0 Å². The number of aromatic nitrogens is 3. The number of aliphatic hydroxyl groups is 1. The molecule has 0 amide bonds. The van der Waals surface area contributed by atoms with Crippen LogP contribution in [0, 0.1) is 13.8 Å². The average molecular weight is 378 g/mol. The molecular formula is C21H26N6O. The van der Waals surface area contributed by atoms with E-state index in [9.17, 15) is 5.11 Å². The molecule has 28 heavy (non-hydrogen) atoms. The molecule has 3 aromatic rings. The van der Waals surface area contributed by atoms with Crippen LogP contribution in [0.3, 0.4) is 0 Å². The molecule has 1 fully saturated rings. The Hall–Kier alpha value is -2.77. The van der Waals surface area contributed by atoms with Crippen molar-refractivity contribution in [2.24, 2.45) is 0 Å².